The summed E-state index contributed by atoms with van der Waals surface area (Å²) >= 11 is 0. The van der Waals surface area contributed by atoms with E-state index in [4.69, 9.17) is 0 Å². The molecule has 7 nitrogen and oxygen atoms in total. The van der Waals surface area contributed by atoms with Crippen molar-refractivity contribution in [2.75, 3.05) is 40.3 Å². The fourth-order valence-electron chi connectivity index (χ4n) is 2.89. The number of carbonyl (C=O) groups is 1. The molecule has 1 aromatic rings. The van der Waals surface area contributed by atoms with Gasteiger partial charge in [-0.15, -0.1) is 0 Å². The molecule has 144 valence electrons. The fraction of sp³-hybridized carbons (Fsp3) is 0.579. The van der Waals surface area contributed by atoms with E-state index in [0.29, 0.717) is 12.5 Å². The summed E-state index contributed by atoms with van der Waals surface area (Å²) in [6.45, 7) is 5.97. The summed E-state index contributed by atoms with van der Waals surface area (Å²) in [5.41, 5.74) is 2.38. The smallest absolute Gasteiger partial charge is 0.241 e. The SMILES string of the molecule is CCNC(=NCc1ccccc1CN1CCC(O)C1)NCC(=O)N(C)C. The van der Waals surface area contributed by atoms with Gasteiger partial charge in [-0.3, -0.25) is 9.69 Å². The van der Waals surface area contributed by atoms with Crippen LogP contribution in [0.2, 0.25) is 0 Å². The van der Waals surface area contributed by atoms with Crippen molar-refractivity contribution >= 4 is 11.9 Å². The van der Waals surface area contributed by atoms with Crippen LogP contribution < -0.4 is 10.6 Å². The Morgan fingerprint density at radius 1 is 1.31 bits per heavy atom. The number of aliphatic hydroxyl groups is 1. The van der Waals surface area contributed by atoms with Crippen LogP contribution in [-0.2, 0) is 17.9 Å². The number of carbonyl (C=O) groups excluding carboxylic acids is 1. The number of nitrogens with zero attached hydrogens (tertiary/aromatic N) is 3. The Morgan fingerprint density at radius 3 is 2.65 bits per heavy atom. The van der Waals surface area contributed by atoms with Crippen LogP contribution in [0.15, 0.2) is 29.3 Å². The normalized spacial score (nSPS) is 18.0. The average Bonchev–Trinajstić information content (AvgIpc) is 3.03. The van der Waals surface area contributed by atoms with E-state index in [1.54, 1.807) is 19.0 Å². The summed E-state index contributed by atoms with van der Waals surface area (Å²) in [6, 6.07) is 8.25. The summed E-state index contributed by atoms with van der Waals surface area (Å²) in [7, 11) is 3.47. The van der Waals surface area contributed by atoms with Crippen LogP contribution in [0.25, 0.3) is 0 Å². The number of β-amino-alcohol motifs (C(OH)–C–C–N with tert-alkyl or cyclic N) is 1. The molecule has 1 saturated heterocycles. The van der Waals surface area contributed by atoms with E-state index in [-0.39, 0.29) is 18.6 Å². The van der Waals surface area contributed by atoms with Gasteiger partial charge in [-0.25, -0.2) is 4.99 Å². The van der Waals surface area contributed by atoms with Gasteiger partial charge in [0.15, 0.2) is 5.96 Å². The highest BCUT2D eigenvalue weighted by molar-refractivity contribution is 5.86. The third-order valence-corrected chi connectivity index (χ3v) is 4.42. The van der Waals surface area contributed by atoms with Crippen molar-refractivity contribution in [1.82, 2.24) is 20.4 Å². The van der Waals surface area contributed by atoms with Crippen molar-refractivity contribution in [2.45, 2.75) is 32.5 Å². The Hall–Kier alpha value is -2.12. The number of rotatable bonds is 7. The molecule has 1 unspecified atom stereocenters. The quantitative estimate of drug-likeness (QED) is 0.484. The number of aliphatic imine (C=N–C) groups is 1. The number of amides is 1. The molecular weight excluding hydrogens is 330 g/mol. The number of guanidine groups is 1. The zero-order valence-electron chi connectivity index (χ0n) is 16.0. The number of nitrogens with one attached hydrogen (secondary N) is 2. The first-order valence-electron chi connectivity index (χ1n) is 9.19. The van der Waals surface area contributed by atoms with Crippen LogP contribution in [-0.4, -0.2) is 73.2 Å². The fourth-order valence-corrected chi connectivity index (χ4v) is 2.89. The standard InChI is InChI=1S/C19H31N5O2/c1-4-20-19(22-12-18(26)23(2)3)21-11-15-7-5-6-8-16(15)13-24-10-9-17(25)14-24/h5-8,17,25H,4,9-14H2,1-3H3,(H2,20,21,22). The van der Waals surface area contributed by atoms with Gasteiger partial charge in [-0.2, -0.15) is 0 Å². The first-order valence-corrected chi connectivity index (χ1v) is 9.19. The Balaban J connectivity index is 2.00. The molecule has 1 aliphatic rings. The molecule has 1 aliphatic heterocycles. The van der Waals surface area contributed by atoms with E-state index in [1.165, 1.54) is 5.56 Å². The lowest BCUT2D eigenvalue weighted by molar-refractivity contribution is -0.127. The van der Waals surface area contributed by atoms with Gasteiger partial charge in [0.2, 0.25) is 5.91 Å². The van der Waals surface area contributed by atoms with Gasteiger partial charge in [0, 0.05) is 40.3 Å². The maximum absolute atomic E-state index is 11.8. The Morgan fingerprint density at radius 2 is 2.04 bits per heavy atom. The molecule has 0 saturated carbocycles. The predicted molar refractivity (Wildman–Crippen MR) is 104 cm³/mol. The number of likely N-dealkylation sites (tertiary alicyclic amines) is 1. The van der Waals surface area contributed by atoms with Crippen LogP contribution in [0, 0.1) is 0 Å². The molecule has 1 heterocycles. The van der Waals surface area contributed by atoms with E-state index in [1.807, 2.05) is 19.1 Å². The molecule has 0 bridgehead atoms. The highest BCUT2D eigenvalue weighted by Gasteiger charge is 2.20. The molecule has 1 atom stereocenters. The van der Waals surface area contributed by atoms with Gasteiger partial charge in [0.05, 0.1) is 19.2 Å². The Bertz CT molecular complexity index is 618. The third-order valence-electron chi connectivity index (χ3n) is 4.42. The number of hydrogen-bond donors (Lipinski definition) is 3. The maximum atomic E-state index is 11.8. The van der Waals surface area contributed by atoms with Gasteiger partial charge >= 0.3 is 0 Å². The van der Waals surface area contributed by atoms with E-state index < -0.39 is 0 Å². The molecule has 0 radical (unpaired) electrons. The van der Waals surface area contributed by atoms with Gasteiger partial charge in [0.1, 0.15) is 0 Å². The summed E-state index contributed by atoms with van der Waals surface area (Å²) in [4.78, 5) is 20.2. The molecule has 7 heteroatoms. The van der Waals surface area contributed by atoms with E-state index in [2.05, 4.69) is 32.7 Å². The number of hydrogen-bond acceptors (Lipinski definition) is 4. The first-order chi connectivity index (χ1) is 12.5. The first kappa shape index (κ1) is 20.2. The average molecular weight is 361 g/mol. The molecular formula is C19H31N5O2. The minimum absolute atomic E-state index is 0.00333. The monoisotopic (exact) mass is 361 g/mol. The Labute approximate surface area is 156 Å². The number of benzene rings is 1. The van der Waals surface area contributed by atoms with Crippen molar-refractivity contribution in [2.24, 2.45) is 4.99 Å². The summed E-state index contributed by atoms with van der Waals surface area (Å²) in [5.74, 6) is 0.637. The maximum Gasteiger partial charge on any atom is 0.241 e. The third kappa shape index (κ3) is 6.31. The lowest BCUT2D eigenvalue weighted by Crippen LogP contribution is -2.42. The predicted octanol–water partition coefficient (Wildman–Crippen LogP) is 0.397. The second-order valence-electron chi connectivity index (χ2n) is 6.78. The van der Waals surface area contributed by atoms with E-state index >= 15 is 0 Å². The van der Waals surface area contributed by atoms with Gasteiger partial charge in [-0.05, 0) is 24.5 Å². The molecule has 2 rings (SSSR count). The van der Waals surface area contributed by atoms with E-state index in [0.717, 1.165) is 38.2 Å². The lowest BCUT2D eigenvalue weighted by atomic mass is 10.1. The minimum Gasteiger partial charge on any atom is -0.392 e. The van der Waals surface area contributed by atoms with Gasteiger partial charge in [0.25, 0.3) is 0 Å². The largest absolute Gasteiger partial charge is 0.392 e. The second-order valence-corrected chi connectivity index (χ2v) is 6.78. The molecule has 26 heavy (non-hydrogen) atoms. The Kier molecular flexibility index (Phi) is 7.87. The van der Waals surface area contributed by atoms with E-state index in [9.17, 15) is 9.90 Å². The van der Waals surface area contributed by atoms with Crippen molar-refractivity contribution in [1.29, 1.82) is 0 Å². The number of aliphatic hydroxyl groups excluding tert-OH is 1. The van der Waals surface area contributed by atoms with Crippen LogP contribution in [0.1, 0.15) is 24.5 Å². The van der Waals surface area contributed by atoms with Gasteiger partial charge in [-0.1, -0.05) is 24.3 Å². The minimum atomic E-state index is -0.209. The molecule has 0 aliphatic carbocycles. The molecule has 1 fully saturated rings. The highest BCUT2D eigenvalue weighted by Crippen LogP contribution is 2.17. The topological polar surface area (TPSA) is 80.2 Å². The molecule has 3 N–H and O–H groups in total. The van der Waals surface area contributed by atoms with Crippen molar-refractivity contribution in [3.05, 3.63) is 35.4 Å². The van der Waals surface area contributed by atoms with Crippen molar-refractivity contribution in [3.63, 3.8) is 0 Å². The van der Waals surface area contributed by atoms with Crippen LogP contribution in [0.5, 0.6) is 0 Å². The number of likely N-dealkylation sites (N-methyl/N-ethyl adjacent to an activating group) is 1. The zero-order chi connectivity index (χ0) is 18.9. The second kappa shape index (κ2) is 10.1. The van der Waals surface area contributed by atoms with Gasteiger partial charge < -0.3 is 20.6 Å². The van der Waals surface area contributed by atoms with Crippen LogP contribution >= 0.6 is 0 Å². The molecule has 0 spiro atoms. The van der Waals surface area contributed by atoms with Crippen LogP contribution in [0.3, 0.4) is 0 Å². The molecule has 0 aromatic heterocycles. The van der Waals surface area contributed by atoms with Crippen molar-refractivity contribution in [3.8, 4) is 0 Å². The molecule has 1 amide bonds. The zero-order valence-corrected chi connectivity index (χ0v) is 16.0. The highest BCUT2D eigenvalue weighted by atomic mass is 16.3. The molecule has 1 aromatic carbocycles. The summed E-state index contributed by atoms with van der Waals surface area (Å²) in [5, 5.41) is 16.0. The summed E-state index contributed by atoms with van der Waals surface area (Å²) in [6.07, 6.45) is 0.633. The summed E-state index contributed by atoms with van der Waals surface area (Å²) < 4.78 is 0. The lowest BCUT2D eigenvalue weighted by Gasteiger charge is -2.18. The van der Waals surface area contributed by atoms with Crippen LogP contribution in [0.4, 0.5) is 0 Å². The van der Waals surface area contributed by atoms with Crippen molar-refractivity contribution < 1.29 is 9.90 Å².